The van der Waals surface area contributed by atoms with Crippen molar-refractivity contribution in [2.75, 3.05) is 7.05 Å². The maximum Gasteiger partial charge on any atom is 0.389 e. The number of hydrogen-bond donors (Lipinski definition) is 1. The van der Waals surface area contributed by atoms with Crippen LogP contribution in [0.1, 0.15) is 38.5 Å². The monoisotopic (exact) mass is 599 g/mol. The van der Waals surface area contributed by atoms with E-state index in [4.69, 9.17) is 0 Å². The van der Waals surface area contributed by atoms with Crippen molar-refractivity contribution < 1.29 is 70.2 Å². The maximum absolute atomic E-state index is 13.4. The summed E-state index contributed by atoms with van der Waals surface area (Å²) in [5.41, 5.74) is -4.52. The van der Waals surface area contributed by atoms with Crippen molar-refractivity contribution in [3.8, 4) is 11.1 Å². The predicted octanol–water partition coefficient (Wildman–Crippen LogP) is 8.78. The molecule has 17 heteroatoms. The molecule has 0 aliphatic rings. The van der Waals surface area contributed by atoms with Crippen LogP contribution in [0.2, 0.25) is 0 Å². The van der Waals surface area contributed by atoms with Gasteiger partial charge in [0.2, 0.25) is 11.6 Å². The van der Waals surface area contributed by atoms with E-state index in [1.807, 2.05) is 0 Å². The summed E-state index contributed by atoms with van der Waals surface area (Å²) in [7, 11) is 0.954. The Morgan fingerprint density at radius 2 is 0.821 bits per heavy atom. The van der Waals surface area contributed by atoms with Gasteiger partial charge in [0.15, 0.2) is 52.7 Å². The number of alkyl halides is 6. The second-order valence-corrected chi connectivity index (χ2v) is 7.80. The van der Waals surface area contributed by atoms with Gasteiger partial charge < -0.3 is 0 Å². The fourth-order valence-corrected chi connectivity index (χ4v) is 2.99. The quantitative estimate of drug-likeness (QED) is 0.1000. The molecule has 0 heterocycles. The van der Waals surface area contributed by atoms with E-state index in [9.17, 15) is 70.2 Å². The van der Waals surface area contributed by atoms with Crippen LogP contribution in [-0.2, 0) is 0 Å². The number of unbranched alkanes of at least 4 members (excludes halogenated alkanes) is 3. The van der Waals surface area contributed by atoms with Crippen molar-refractivity contribution in [2.45, 2.75) is 56.9 Å². The van der Waals surface area contributed by atoms with E-state index >= 15 is 0 Å². The first kappa shape index (κ1) is 34.3. The number of benzene rings is 2. The van der Waals surface area contributed by atoms with E-state index in [-0.39, 0.29) is 25.7 Å². The van der Waals surface area contributed by atoms with Gasteiger partial charge in [-0.15, -0.1) is 0 Å². The van der Waals surface area contributed by atoms with Crippen molar-refractivity contribution in [2.24, 2.45) is 0 Å². The average molecular weight is 599 g/mol. The van der Waals surface area contributed by atoms with Crippen molar-refractivity contribution in [3.63, 3.8) is 0 Å². The van der Waals surface area contributed by atoms with Crippen molar-refractivity contribution >= 4 is 0 Å². The highest BCUT2D eigenvalue weighted by molar-refractivity contribution is 5.67. The summed E-state index contributed by atoms with van der Waals surface area (Å²) in [6.45, 7) is 0. The molecule has 0 saturated carbocycles. The summed E-state index contributed by atoms with van der Waals surface area (Å²) in [5.74, 6) is -26.6. The minimum absolute atomic E-state index is 0.0388. The summed E-state index contributed by atoms with van der Waals surface area (Å²) in [4.78, 5) is 0. The molecule has 0 aliphatic carbocycles. The van der Waals surface area contributed by atoms with Crippen molar-refractivity contribution in [1.29, 1.82) is 0 Å². The number of hydrogen-bond acceptors (Lipinski definition) is 1. The summed E-state index contributed by atoms with van der Waals surface area (Å²) in [5, 5.41) is 1.56. The molecule has 1 nitrogen and oxygen atoms in total. The Balaban J connectivity index is 0.000000406. The Morgan fingerprint density at radius 1 is 0.513 bits per heavy atom. The molecule has 0 amide bonds. The molecule has 222 valence electrons. The second kappa shape index (κ2) is 13.6. The second-order valence-electron chi connectivity index (χ2n) is 7.80. The molecular formula is C22H17F16N. The number of rotatable bonds is 9. The van der Waals surface area contributed by atoms with Crippen molar-refractivity contribution in [1.82, 2.24) is 5.32 Å². The summed E-state index contributed by atoms with van der Waals surface area (Å²) in [6, 6.07) is -3.56. The third-order valence-electron chi connectivity index (χ3n) is 5.06. The van der Waals surface area contributed by atoms with Gasteiger partial charge >= 0.3 is 12.2 Å². The zero-order chi connectivity index (χ0) is 30.5. The standard InChI is InChI=1S/C12F10.C10H17F6N/c13-3-1(4(14)8(18)11(21)7(3)17)2-5(15)9(19)12(22)10(20)6(2)16;1-17-10(15,16)8(11)6-4-2-3-5-7-9(12,13)14/h;8,17H,2-7H2,1H3. The van der Waals surface area contributed by atoms with E-state index in [2.05, 4.69) is 0 Å². The zero-order valence-electron chi connectivity index (χ0n) is 19.4. The van der Waals surface area contributed by atoms with Crippen LogP contribution in [0.25, 0.3) is 11.1 Å². The van der Waals surface area contributed by atoms with Gasteiger partial charge in [-0.1, -0.05) is 19.3 Å². The number of halogens is 16. The third kappa shape index (κ3) is 8.38. The summed E-state index contributed by atoms with van der Waals surface area (Å²) < 4.78 is 205. The lowest BCUT2D eigenvalue weighted by Crippen LogP contribution is -2.42. The van der Waals surface area contributed by atoms with Gasteiger partial charge in [0.1, 0.15) is 0 Å². The van der Waals surface area contributed by atoms with Gasteiger partial charge in [-0.3, -0.25) is 5.32 Å². The van der Waals surface area contributed by atoms with E-state index in [1.165, 1.54) is 0 Å². The van der Waals surface area contributed by atoms with Crippen molar-refractivity contribution in [3.05, 3.63) is 58.2 Å². The van der Waals surface area contributed by atoms with E-state index in [1.54, 1.807) is 5.32 Å². The van der Waals surface area contributed by atoms with Gasteiger partial charge in [0.05, 0.1) is 11.1 Å². The van der Waals surface area contributed by atoms with Gasteiger partial charge in [0, 0.05) is 6.42 Å². The Morgan fingerprint density at radius 3 is 1.13 bits per heavy atom. The molecule has 0 radical (unpaired) electrons. The molecule has 0 fully saturated rings. The van der Waals surface area contributed by atoms with Gasteiger partial charge in [-0.25, -0.2) is 48.3 Å². The third-order valence-corrected chi connectivity index (χ3v) is 5.06. The Hall–Kier alpha value is -2.72. The van der Waals surface area contributed by atoms with Crippen LogP contribution < -0.4 is 5.32 Å². The van der Waals surface area contributed by atoms with Crippen LogP contribution in [0, 0.1) is 58.2 Å². The highest BCUT2D eigenvalue weighted by Crippen LogP contribution is 2.37. The Kier molecular flexibility index (Phi) is 11.9. The molecule has 0 spiro atoms. The molecule has 0 bridgehead atoms. The Bertz CT molecular complexity index is 1020. The maximum atomic E-state index is 13.4. The molecule has 0 aliphatic heterocycles. The largest absolute Gasteiger partial charge is 0.389 e. The lowest BCUT2D eigenvalue weighted by molar-refractivity contribution is -0.135. The number of nitrogens with one attached hydrogen (secondary N) is 1. The van der Waals surface area contributed by atoms with E-state index < -0.39 is 94.1 Å². The fraction of sp³-hybridized carbons (Fsp3) is 0.455. The minimum atomic E-state index is -4.18. The molecular weight excluding hydrogens is 582 g/mol. The SMILES string of the molecule is CNC(F)(F)C(F)CCCCCCC(F)(F)F.Fc1c(F)c(F)c(-c2c(F)c(F)c(F)c(F)c2F)c(F)c1F. The summed E-state index contributed by atoms with van der Waals surface area (Å²) >= 11 is 0. The first-order chi connectivity index (χ1) is 17.8. The average Bonchev–Trinajstić information content (AvgIpc) is 2.87. The fourth-order valence-electron chi connectivity index (χ4n) is 2.99. The summed E-state index contributed by atoms with van der Waals surface area (Å²) in [6.07, 6.45) is -6.97. The van der Waals surface area contributed by atoms with Crippen LogP contribution in [0.4, 0.5) is 70.2 Å². The van der Waals surface area contributed by atoms with Crippen LogP contribution in [-0.4, -0.2) is 25.4 Å². The van der Waals surface area contributed by atoms with Crippen LogP contribution in [0.3, 0.4) is 0 Å². The normalized spacial score (nSPS) is 12.8. The molecule has 2 aromatic carbocycles. The first-order valence-electron chi connectivity index (χ1n) is 10.6. The smallest absolute Gasteiger partial charge is 0.259 e. The molecule has 2 aromatic rings. The molecule has 0 aromatic heterocycles. The highest BCUT2D eigenvalue weighted by Gasteiger charge is 2.37. The highest BCUT2D eigenvalue weighted by atomic mass is 19.4. The lowest BCUT2D eigenvalue weighted by atomic mass is 10.0. The Labute approximate surface area is 209 Å². The molecule has 1 N–H and O–H groups in total. The molecule has 1 atom stereocenters. The first-order valence-corrected chi connectivity index (χ1v) is 10.6. The van der Waals surface area contributed by atoms with Crippen LogP contribution >= 0.6 is 0 Å². The van der Waals surface area contributed by atoms with Crippen LogP contribution in [0.15, 0.2) is 0 Å². The van der Waals surface area contributed by atoms with Gasteiger partial charge in [-0.2, -0.15) is 22.0 Å². The van der Waals surface area contributed by atoms with E-state index in [0.29, 0.717) is 6.42 Å². The molecule has 1 unspecified atom stereocenters. The molecule has 39 heavy (non-hydrogen) atoms. The van der Waals surface area contributed by atoms with Gasteiger partial charge in [0.25, 0.3) is 0 Å². The zero-order valence-corrected chi connectivity index (χ0v) is 19.4. The molecule has 2 rings (SSSR count). The minimum Gasteiger partial charge on any atom is -0.259 e. The molecule has 0 saturated heterocycles. The van der Waals surface area contributed by atoms with Gasteiger partial charge in [-0.05, 0) is 19.9 Å². The van der Waals surface area contributed by atoms with E-state index in [0.717, 1.165) is 7.05 Å². The topological polar surface area (TPSA) is 12.0 Å². The predicted molar refractivity (Wildman–Crippen MR) is 104 cm³/mol. The lowest BCUT2D eigenvalue weighted by Gasteiger charge is -2.19. The van der Waals surface area contributed by atoms with Crippen LogP contribution in [0.5, 0.6) is 0 Å².